The Labute approximate surface area is 172 Å². The first-order chi connectivity index (χ1) is 13.0. The number of anilines is 3. The van der Waals surface area contributed by atoms with E-state index >= 15 is 0 Å². The lowest BCUT2D eigenvalue weighted by atomic mass is 10.1. The second kappa shape index (κ2) is 8.66. The van der Waals surface area contributed by atoms with Crippen LogP contribution in [0, 0.1) is 5.41 Å². The van der Waals surface area contributed by atoms with Crippen molar-refractivity contribution in [2.24, 2.45) is 0 Å². The Hall–Kier alpha value is -1.52. The highest BCUT2D eigenvalue weighted by atomic mass is 127. The Bertz CT molecular complexity index is 759. The number of amides is 2. The molecular weight excluding hydrogens is 480 g/mol. The van der Waals surface area contributed by atoms with E-state index in [0.717, 1.165) is 12.8 Å². The number of nitrogens with one attached hydrogen (secondary N) is 3. The first kappa shape index (κ1) is 20.2. The number of pyridine rings is 1. The fraction of sp³-hybridized carbons (Fsp3) is 0.500. The van der Waals surface area contributed by atoms with Crippen molar-refractivity contribution in [2.75, 3.05) is 35.8 Å². The number of rotatable bonds is 5. The number of hydrogen-bond donors (Lipinski definition) is 4. The fourth-order valence-corrected chi connectivity index (χ4v) is 4.56. The Morgan fingerprint density at radius 2 is 2.19 bits per heavy atom. The van der Waals surface area contributed by atoms with Gasteiger partial charge in [-0.05, 0) is 41.8 Å². The first-order valence-corrected chi connectivity index (χ1v) is 12.8. The molecule has 2 atom stereocenters. The van der Waals surface area contributed by atoms with Crippen LogP contribution in [0.5, 0.6) is 0 Å². The molecule has 2 heterocycles. The van der Waals surface area contributed by atoms with Crippen molar-refractivity contribution in [3.63, 3.8) is 0 Å². The molecule has 27 heavy (non-hydrogen) atoms. The largest absolute Gasteiger partial charge is 0.383 e. The molecule has 0 radical (unpaired) electrons. The zero-order valence-corrected chi connectivity index (χ0v) is 18.1. The molecule has 3 rings (SSSR count). The average molecular weight is 503 g/mol. The van der Waals surface area contributed by atoms with Crippen LogP contribution in [0.2, 0.25) is 0 Å². The topological polar surface area (TPSA) is 127 Å². The number of halogens is 1. The predicted molar refractivity (Wildman–Crippen MR) is 117 cm³/mol. The van der Waals surface area contributed by atoms with Crippen LogP contribution in [0.4, 0.5) is 17.2 Å². The Morgan fingerprint density at radius 3 is 2.78 bits per heavy atom. The molecule has 9 nitrogen and oxygen atoms in total. The van der Waals surface area contributed by atoms with Crippen LogP contribution < -0.4 is 16.1 Å². The lowest BCUT2D eigenvalue weighted by Crippen LogP contribution is -2.56. The van der Waals surface area contributed by atoms with Crippen molar-refractivity contribution in [1.29, 1.82) is 5.41 Å². The molecule has 1 aromatic rings. The lowest BCUT2D eigenvalue weighted by molar-refractivity contribution is -0.145. The van der Waals surface area contributed by atoms with Crippen molar-refractivity contribution in [1.82, 2.24) is 14.8 Å². The normalized spacial score (nSPS) is 20.7. The van der Waals surface area contributed by atoms with Crippen molar-refractivity contribution in [3.05, 3.63) is 11.8 Å². The molecule has 146 valence electrons. The minimum absolute atomic E-state index is 0.191. The number of nitrogens with two attached hydrogens (primary N) is 1. The number of carbonyl (C=O) groups excluding carboxylic acids is 2. The van der Waals surface area contributed by atoms with Gasteiger partial charge in [-0.3, -0.25) is 14.5 Å². The molecule has 1 aromatic heterocycles. The predicted octanol–water partition coefficient (Wildman–Crippen LogP) is 1.65. The first-order valence-electron chi connectivity index (χ1n) is 8.72. The molecule has 2 unspecified atom stereocenters. The van der Waals surface area contributed by atoms with E-state index in [1.807, 2.05) is 0 Å². The average Bonchev–Trinajstić information content (AvgIpc) is 3.48. The second-order valence-corrected chi connectivity index (χ2v) is 8.79. The molecule has 5 N–H and O–H groups in total. The van der Waals surface area contributed by atoms with Gasteiger partial charge in [0.25, 0.3) is 0 Å². The van der Waals surface area contributed by atoms with Crippen LogP contribution >= 0.6 is 28.4 Å². The van der Waals surface area contributed by atoms with E-state index in [2.05, 4.69) is 49.3 Å². The summed E-state index contributed by atoms with van der Waals surface area (Å²) < 4.78 is 0. The summed E-state index contributed by atoms with van der Waals surface area (Å²) in [5, 5.41) is 13.3. The van der Waals surface area contributed by atoms with E-state index in [0.29, 0.717) is 42.4 Å². The van der Waals surface area contributed by atoms with Gasteiger partial charge in [-0.2, -0.15) is 0 Å². The number of piperazine rings is 1. The molecule has 1 saturated carbocycles. The van der Waals surface area contributed by atoms with Gasteiger partial charge in [0.15, 0.2) is 0 Å². The lowest BCUT2D eigenvalue weighted by Gasteiger charge is -2.39. The van der Waals surface area contributed by atoms with E-state index in [1.54, 1.807) is 4.90 Å². The summed E-state index contributed by atoms with van der Waals surface area (Å²) in [6.07, 6.45) is 5.24. The minimum atomic E-state index is -0.704. The Kier molecular flexibility index (Phi) is 6.48. The summed E-state index contributed by atoms with van der Waals surface area (Å²) in [5.41, 5.74) is 7.03. The Balaban J connectivity index is 1.69. The summed E-state index contributed by atoms with van der Waals surface area (Å²) >= 11 is 2.14. The third-order valence-corrected chi connectivity index (χ3v) is 6.04. The maximum absolute atomic E-state index is 12.6. The standard InChI is InChI=1S/C16H23IN7O2P/c1-9-8-23(4-5-24(9)10-2-3-10)16(26)15(25)21-12-7-20-14(19)11(6-18)13(12)22-27-17/h6-7,9-10,18,27H,2-5,8H2,1H3,(H,21,25)(H3,19,20,22). The van der Waals surface area contributed by atoms with E-state index in [4.69, 9.17) is 11.1 Å². The minimum Gasteiger partial charge on any atom is -0.383 e. The summed E-state index contributed by atoms with van der Waals surface area (Å²) in [6.45, 7) is 4.00. The van der Waals surface area contributed by atoms with Gasteiger partial charge in [-0.1, -0.05) is 0 Å². The van der Waals surface area contributed by atoms with Gasteiger partial charge >= 0.3 is 11.8 Å². The quantitative estimate of drug-likeness (QED) is 0.210. The highest BCUT2D eigenvalue weighted by Gasteiger charge is 2.37. The van der Waals surface area contributed by atoms with Gasteiger partial charge in [0.1, 0.15) is 5.82 Å². The van der Waals surface area contributed by atoms with Crippen molar-refractivity contribution >= 4 is 63.6 Å². The number of hydrogen-bond acceptors (Lipinski definition) is 7. The monoisotopic (exact) mass is 503 g/mol. The molecule has 2 fully saturated rings. The third-order valence-electron chi connectivity index (χ3n) is 4.89. The summed E-state index contributed by atoms with van der Waals surface area (Å²) in [4.78, 5) is 33.2. The van der Waals surface area contributed by atoms with Crippen LogP contribution in [-0.2, 0) is 9.59 Å². The van der Waals surface area contributed by atoms with Crippen molar-refractivity contribution < 1.29 is 9.59 Å². The van der Waals surface area contributed by atoms with Gasteiger partial charge in [0, 0.05) is 44.3 Å². The van der Waals surface area contributed by atoms with E-state index < -0.39 is 11.8 Å². The number of nitrogen functional groups attached to an aromatic ring is 1. The van der Waals surface area contributed by atoms with Gasteiger partial charge in [-0.15, -0.1) is 0 Å². The van der Waals surface area contributed by atoms with Gasteiger partial charge in [0.05, 0.1) is 23.1 Å². The number of aromatic nitrogens is 1. The molecule has 0 aromatic carbocycles. The summed E-state index contributed by atoms with van der Waals surface area (Å²) in [5.74, 6) is -1.06. The molecular formula is C16H23IN7O2P. The zero-order valence-electron chi connectivity index (χ0n) is 15.0. The van der Waals surface area contributed by atoms with Crippen LogP contribution in [0.25, 0.3) is 0 Å². The molecule has 2 aliphatic rings. The summed E-state index contributed by atoms with van der Waals surface area (Å²) in [7, 11) is 0. The molecule has 1 saturated heterocycles. The van der Waals surface area contributed by atoms with E-state index in [1.165, 1.54) is 19.0 Å². The molecule has 2 amide bonds. The molecule has 0 spiro atoms. The van der Waals surface area contributed by atoms with Crippen LogP contribution in [0.15, 0.2) is 6.20 Å². The van der Waals surface area contributed by atoms with Gasteiger partial charge in [-0.25, -0.2) is 4.98 Å². The number of carbonyl (C=O) groups is 2. The highest BCUT2D eigenvalue weighted by Crippen LogP contribution is 2.34. The fourth-order valence-electron chi connectivity index (χ4n) is 3.39. The maximum Gasteiger partial charge on any atom is 0.314 e. The van der Waals surface area contributed by atoms with Crippen LogP contribution in [0.3, 0.4) is 0 Å². The smallest absolute Gasteiger partial charge is 0.314 e. The molecule has 11 heteroatoms. The summed E-state index contributed by atoms with van der Waals surface area (Å²) in [6, 6.07) is 0.900. The second-order valence-electron chi connectivity index (χ2n) is 6.73. The molecule has 0 bridgehead atoms. The SMILES string of the molecule is CC1CN(C(=O)C(=O)Nc2cnc(N)c(C=N)c2NPI)CCN1C1CC1. The van der Waals surface area contributed by atoms with Gasteiger partial charge < -0.3 is 26.4 Å². The van der Waals surface area contributed by atoms with Crippen molar-refractivity contribution in [2.45, 2.75) is 31.8 Å². The third kappa shape index (κ3) is 4.49. The van der Waals surface area contributed by atoms with E-state index in [9.17, 15) is 9.59 Å². The Morgan fingerprint density at radius 1 is 1.44 bits per heavy atom. The maximum atomic E-state index is 12.6. The van der Waals surface area contributed by atoms with Crippen LogP contribution in [0.1, 0.15) is 25.3 Å². The highest BCUT2D eigenvalue weighted by molar-refractivity contribution is 14.2. The number of nitrogens with zero attached hydrogens (tertiary/aromatic N) is 3. The van der Waals surface area contributed by atoms with Crippen molar-refractivity contribution in [3.8, 4) is 0 Å². The van der Waals surface area contributed by atoms with Crippen LogP contribution in [-0.4, -0.2) is 64.5 Å². The molecule has 1 aliphatic carbocycles. The molecule has 1 aliphatic heterocycles. The van der Waals surface area contributed by atoms with E-state index in [-0.39, 0.29) is 11.9 Å². The van der Waals surface area contributed by atoms with Gasteiger partial charge in [0.2, 0.25) is 0 Å². The zero-order chi connectivity index (χ0) is 19.6.